The minimum absolute atomic E-state index is 0.172. The maximum Gasteiger partial charge on any atom is 0.347 e. The van der Waals surface area contributed by atoms with Gasteiger partial charge in [-0.05, 0) is 31.0 Å². The van der Waals surface area contributed by atoms with Crippen molar-refractivity contribution >= 4 is 49.9 Å². The highest BCUT2D eigenvalue weighted by Gasteiger charge is 2.27. The van der Waals surface area contributed by atoms with Crippen LogP contribution >= 0.6 is 11.3 Å². The number of nitrogens with zero attached hydrogens (tertiary/aromatic N) is 5. The first-order chi connectivity index (χ1) is 15.5. The number of hydrogen-bond acceptors (Lipinski definition) is 10. The number of rotatable bonds is 7. The molecule has 0 spiro atoms. The smallest absolute Gasteiger partial charge is 0.347 e. The Morgan fingerprint density at radius 3 is 2.48 bits per heavy atom. The monoisotopic (exact) mass is 488 g/mol. The molecule has 0 saturated heterocycles. The summed E-state index contributed by atoms with van der Waals surface area (Å²) in [5.41, 5.74) is 2.43. The quantitative estimate of drug-likeness (QED) is 0.512. The van der Waals surface area contributed by atoms with E-state index in [1.165, 1.54) is 6.26 Å². The second kappa shape index (κ2) is 8.60. The molecule has 0 aliphatic carbocycles. The average Bonchev–Trinajstić information content (AvgIpc) is 3.30. The fourth-order valence-electron chi connectivity index (χ4n) is 3.68. The van der Waals surface area contributed by atoms with Crippen LogP contribution in [0.5, 0.6) is 0 Å². The van der Waals surface area contributed by atoms with Crippen LogP contribution in [-0.2, 0) is 22.8 Å². The Morgan fingerprint density at radius 2 is 1.91 bits per heavy atom. The van der Waals surface area contributed by atoms with Crippen molar-refractivity contribution in [1.82, 2.24) is 15.0 Å². The summed E-state index contributed by atoms with van der Waals surface area (Å²) in [5.74, 6) is 0.886. The van der Waals surface area contributed by atoms with Crippen LogP contribution in [0.4, 0.5) is 22.7 Å². The topological polar surface area (TPSA) is 129 Å². The Kier molecular flexibility index (Phi) is 5.97. The highest BCUT2D eigenvalue weighted by Crippen LogP contribution is 2.35. The van der Waals surface area contributed by atoms with Gasteiger partial charge in [-0.2, -0.15) is 9.97 Å². The molecule has 0 bridgehead atoms. The Bertz CT molecular complexity index is 1320. The van der Waals surface area contributed by atoms with E-state index in [-0.39, 0.29) is 9.77 Å². The van der Waals surface area contributed by atoms with Crippen LogP contribution in [0.25, 0.3) is 0 Å². The van der Waals surface area contributed by atoms with E-state index >= 15 is 0 Å². The van der Waals surface area contributed by atoms with Crippen LogP contribution in [0, 0.1) is 6.92 Å². The molecule has 10 nitrogen and oxygen atoms in total. The molecule has 0 unspecified atom stereocenters. The van der Waals surface area contributed by atoms with E-state index < -0.39 is 15.8 Å². The summed E-state index contributed by atoms with van der Waals surface area (Å²) < 4.78 is 23.5. The van der Waals surface area contributed by atoms with Crippen molar-refractivity contribution < 1.29 is 18.3 Å². The summed E-state index contributed by atoms with van der Waals surface area (Å²) in [5, 5.41) is 12.8. The number of benzene rings is 1. The van der Waals surface area contributed by atoms with E-state index in [2.05, 4.69) is 20.2 Å². The maximum atomic E-state index is 11.7. The van der Waals surface area contributed by atoms with Crippen molar-refractivity contribution in [1.29, 1.82) is 0 Å². The lowest BCUT2D eigenvalue weighted by Gasteiger charge is -2.21. The van der Waals surface area contributed by atoms with Crippen molar-refractivity contribution in [2.75, 3.05) is 42.0 Å². The van der Waals surface area contributed by atoms with Gasteiger partial charge in [-0.3, -0.25) is 5.32 Å². The first kappa shape index (κ1) is 22.9. The Balaban J connectivity index is 1.64. The van der Waals surface area contributed by atoms with Gasteiger partial charge in [0.25, 0.3) is 0 Å². The molecule has 12 heteroatoms. The number of aromatic carboxylic acids is 1. The van der Waals surface area contributed by atoms with Gasteiger partial charge in [0.2, 0.25) is 5.95 Å². The fraction of sp³-hybridized carbons (Fsp3) is 0.333. The Morgan fingerprint density at radius 1 is 1.21 bits per heavy atom. The van der Waals surface area contributed by atoms with Gasteiger partial charge in [0.05, 0.1) is 10.6 Å². The van der Waals surface area contributed by atoms with Crippen molar-refractivity contribution in [3.8, 4) is 0 Å². The lowest BCUT2D eigenvalue weighted by molar-refractivity contribution is 0.0701. The van der Waals surface area contributed by atoms with Gasteiger partial charge < -0.3 is 14.9 Å². The second-order valence-electron chi connectivity index (χ2n) is 8.02. The number of aryl methyl sites for hydroxylation is 1. The van der Waals surface area contributed by atoms with Crippen LogP contribution in [0.1, 0.15) is 26.5 Å². The molecule has 0 radical (unpaired) electrons. The van der Waals surface area contributed by atoms with Crippen LogP contribution in [0.15, 0.2) is 29.2 Å². The summed E-state index contributed by atoms with van der Waals surface area (Å²) in [6, 6.07) is 6.86. The number of carboxylic acid groups (broad SMARTS) is 1. The van der Waals surface area contributed by atoms with Crippen LogP contribution in [0.2, 0.25) is 0 Å². The zero-order valence-electron chi connectivity index (χ0n) is 18.7. The predicted octanol–water partition coefficient (Wildman–Crippen LogP) is 2.72. The van der Waals surface area contributed by atoms with Crippen LogP contribution in [-0.4, -0.2) is 61.3 Å². The molecule has 33 heavy (non-hydrogen) atoms. The molecule has 0 saturated carbocycles. The number of carboxylic acids is 1. The first-order valence-electron chi connectivity index (χ1n) is 10.1. The third kappa shape index (κ3) is 4.76. The molecule has 4 rings (SSSR count). The van der Waals surface area contributed by atoms with E-state index in [0.29, 0.717) is 23.3 Å². The number of sulfone groups is 1. The van der Waals surface area contributed by atoms with Crippen molar-refractivity contribution in [2.45, 2.75) is 24.8 Å². The van der Waals surface area contributed by atoms with E-state index in [1.54, 1.807) is 19.1 Å². The highest BCUT2D eigenvalue weighted by atomic mass is 32.2. The fourth-order valence-corrected chi connectivity index (χ4v) is 5.11. The van der Waals surface area contributed by atoms with E-state index in [4.69, 9.17) is 4.98 Å². The molecule has 2 N–H and O–H groups in total. The third-order valence-corrected chi connectivity index (χ3v) is 7.44. The molecule has 0 fully saturated rings. The molecule has 3 aromatic rings. The average molecular weight is 489 g/mol. The van der Waals surface area contributed by atoms with E-state index in [1.807, 2.05) is 31.1 Å². The van der Waals surface area contributed by atoms with Gasteiger partial charge >= 0.3 is 5.97 Å². The van der Waals surface area contributed by atoms with Gasteiger partial charge in [-0.15, -0.1) is 0 Å². The first-order valence-corrected chi connectivity index (χ1v) is 12.8. The van der Waals surface area contributed by atoms with E-state index in [9.17, 15) is 18.3 Å². The summed E-state index contributed by atoms with van der Waals surface area (Å²) >= 11 is 1.04. The van der Waals surface area contributed by atoms with Crippen molar-refractivity contribution in [3.05, 3.63) is 46.0 Å². The van der Waals surface area contributed by atoms with Gasteiger partial charge in [0.15, 0.2) is 15.0 Å². The van der Waals surface area contributed by atoms with Gasteiger partial charge in [-0.1, -0.05) is 23.5 Å². The number of fused-ring (bicyclic) bond motifs is 1. The number of hydrogen-bond donors (Lipinski definition) is 2. The molecule has 0 amide bonds. The van der Waals surface area contributed by atoms with Gasteiger partial charge in [-0.25, -0.2) is 18.2 Å². The summed E-state index contributed by atoms with van der Waals surface area (Å²) in [6.07, 6.45) is 1.97. The molecule has 0 atom stereocenters. The number of anilines is 4. The normalized spacial score (nSPS) is 13.2. The summed E-state index contributed by atoms with van der Waals surface area (Å²) in [7, 11) is 0.581. The molecule has 1 aromatic carbocycles. The number of carbonyl (C=O) groups is 1. The summed E-state index contributed by atoms with van der Waals surface area (Å²) in [6.45, 7) is 2.97. The van der Waals surface area contributed by atoms with E-state index in [0.717, 1.165) is 47.1 Å². The Labute approximate surface area is 195 Å². The highest BCUT2D eigenvalue weighted by molar-refractivity contribution is 7.90. The zero-order chi connectivity index (χ0) is 23.9. The SMILES string of the molecule is Cc1nc(Nc2nc(N(C)C)c3c(n2)N(Cc2ccc(S(C)(=O)=O)cc2)CC3)sc1C(=O)O. The van der Waals surface area contributed by atoms with Crippen LogP contribution < -0.4 is 15.1 Å². The standard InChI is InChI=1S/C21H24N6O4S2/c1-12-16(19(28)29)32-21(22-12)25-20-23-17(26(2)3)15-9-10-27(18(15)24-20)11-13-5-7-14(8-6-13)33(4,30)31/h5-8H,9-11H2,1-4H3,(H,28,29)(H,22,23,24,25). The summed E-state index contributed by atoms with van der Waals surface area (Å²) in [4.78, 5) is 29.5. The molecule has 1 aliphatic rings. The zero-order valence-corrected chi connectivity index (χ0v) is 20.3. The maximum absolute atomic E-state index is 11.7. The van der Waals surface area contributed by atoms with Crippen molar-refractivity contribution in [2.24, 2.45) is 0 Å². The lowest BCUT2D eigenvalue weighted by Crippen LogP contribution is -2.21. The second-order valence-corrected chi connectivity index (χ2v) is 11.0. The molecule has 3 heterocycles. The number of thiazole rings is 1. The molecular weight excluding hydrogens is 464 g/mol. The molecule has 1 aliphatic heterocycles. The Hall–Kier alpha value is -3.25. The minimum Gasteiger partial charge on any atom is -0.477 e. The largest absolute Gasteiger partial charge is 0.477 e. The van der Waals surface area contributed by atoms with Gasteiger partial charge in [0.1, 0.15) is 16.5 Å². The van der Waals surface area contributed by atoms with Gasteiger partial charge in [0, 0.05) is 39.0 Å². The lowest BCUT2D eigenvalue weighted by atomic mass is 10.2. The van der Waals surface area contributed by atoms with Crippen LogP contribution in [0.3, 0.4) is 0 Å². The van der Waals surface area contributed by atoms with Crippen molar-refractivity contribution in [3.63, 3.8) is 0 Å². The number of nitrogens with one attached hydrogen (secondary N) is 1. The minimum atomic E-state index is -3.24. The molecular formula is C21H24N6O4S2. The number of aromatic nitrogens is 3. The molecule has 174 valence electrons. The predicted molar refractivity (Wildman–Crippen MR) is 128 cm³/mol. The third-order valence-electron chi connectivity index (χ3n) is 5.25. The molecule has 2 aromatic heterocycles.